The zero-order chi connectivity index (χ0) is 17.3. The van der Waals surface area contributed by atoms with Gasteiger partial charge in [0.25, 0.3) is 0 Å². The van der Waals surface area contributed by atoms with Crippen molar-refractivity contribution in [2.45, 2.75) is 53.4 Å². The molecule has 0 aromatic carbocycles. The summed E-state index contributed by atoms with van der Waals surface area (Å²) in [6.07, 6.45) is 4.97. The van der Waals surface area contributed by atoms with Crippen molar-refractivity contribution in [3.63, 3.8) is 0 Å². The SMILES string of the molecule is CCNC(=NCC1(CC)CCC1)NCCS(=O)(=O)N(CC)CC.I. The molecule has 0 aromatic rings. The third kappa shape index (κ3) is 7.03. The summed E-state index contributed by atoms with van der Waals surface area (Å²) in [7, 11) is -3.19. The number of halogens is 1. The maximum Gasteiger partial charge on any atom is 0.215 e. The lowest BCUT2D eigenvalue weighted by Gasteiger charge is -2.40. The predicted octanol–water partition coefficient (Wildman–Crippen LogP) is 2.41. The van der Waals surface area contributed by atoms with E-state index in [1.54, 1.807) is 0 Å². The molecule has 0 radical (unpaired) electrons. The van der Waals surface area contributed by atoms with Crippen molar-refractivity contribution in [1.29, 1.82) is 0 Å². The molecule has 144 valence electrons. The van der Waals surface area contributed by atoms with Gasteiger partial charge in [0, 0.05) is 32.7 Å². The lowest BCUT2D eigenvalue weighted by Crippen LogP contribution is -2.43. The van der Waals surface area contributed by atoms with Crippen molar-refractivity contribution in [1.82, 2.24) is 14.9 Å². The number of aliphatic imine (C=N–C) groups is 1. The molecule has 1 fully saturated rings. The van der Waals surface area contributed by atoms with Crippen LogP contribution in [0.15, 0.2) is 4.99 Å². The van der Waals surface area contributed by atoms with E-state index in [9.17, 15) is 8.42 Å². The molecule has 0 aromatic heterocycles. The van der Waals surface area contributed by atoms with E-state index in [1.165, 1.54) is 23.6 Å². The highest BCUT2D eigenvalue weighted by atomic mass is 127. The Morgan fingerprint density at radius 2 is 1.75 bits per heavy atom. The Bertz CT molecular complexity index is 469. The van der Waals surface area contributed by atoms with Crippen LogP contribution in [0.3, 0.4) is 0 Å². The second-order valence-corrected chi connectivity index (χ2v) is 8.32. The summed E-state index contributed by atoms with van der Waals surface area (Å²) in [4.78, 5) is 4.67. The zero-order valence-corrected chi connectivity index (χ0v) is 18.7. The van der Waals surface area contributed by atoms with Gasteiger partial charge >= 0.3 is 0 Å². The zero-order valence-electron chi connectivity index (χ0n) is 15.6. The molecule has 0 bridgehead atoms. The predicted molar refractivity (Wildman–Crippen MR) is 113 cm³/mol. The first kappa shape index (κ1) is 23.9. The molecule has 1 rings (SSSR count). The number of nitrogens with one attached hydrogen (secondary N) is 2. The molecule has 2 N–H and O–H groups in total. The summed E-state index contributed by atoms with van der Waals surface area (Å²) in [6, 6.07) is 0. The molecule has 1 saturated carbocycles. The average molecular weight is 474 g/mol. The molecule has 0 spiro atoms. The maximum absolute atomic E-state index is 12.2. The van der Waals surface area contributed by atoms with Crippen LogP contribution in [0, 0.1) is 5.41 Å². The fraction of sp³-hybridized carbons (Fsp3) is 0.938. The van der Waals surface area contributed by atoms with E-state index in [2.05, 4.69) is 22.5 Å². The maximum atomic E-state index is 12.2. The standard InChI is InChI=1S/C16H34N4O2S.HI/c1-5-16(10-9-11-16)14-19-15(17-6-2)18-12-13-23(21,22)20(7-3)8-4;/h5-14H2,1-4H3,(H2,17,18,19);1H. The number of hydrogen-bond donors (Lipinski definition) is 2. The lowest BCUT2D eigenvalue weighted by atomic mass is 9.67. The molecule has 1 aliphatic rings. The molecular formula is C16H35IN4O2S. The van der Waals surface area contributed by atoms with Gasteiger partial charge in [0.2, 0.25) is 10.0 Å². The summed E-state index contributed by atoms with van der Waals surface area (Å²) in [6.45, 7) is 11.0. The van der Waals surface area contributed by atoms with Crippen LogP contribution < -0.4 is 10.6 Å². The smallest absolute Gasteiger partial charge is 0.215 e. The fourth-order valence-electron chi connectivity index (χ4n) is 2.93. The van der Waals surface area contributed by atoms with Crippen LogP contribution in [0.5, 0.6) is 0 Å². The molecule has 1 aliphatic carbocycles. The summed E-state index contributed by atoms with van der Waals surface area (Å²) in [5.74, 6) is 0.819. The van der Waals surface area contributed by atoms with Crippen molar-refractivity contribution in [2.24, 2.45) is 10.4 Å². The van der Waals surface area contributed by atoms with E-state index >= 15 is 0 Å². The van der Waals surface area contributed by atoms with Crippen molar-refractivity contribution in [3.8, 4) is 0 Å². The topological polar surface area (TPSA) is 73.8 Å². The van der Waals surface area contributed by atoms with Crippen LogP contribution in [-0.2, 0) is 10.0 Å². The van der Waals surface area contributed by atoms with E-state index in [0.29, 0.717) is 25.0 Å². The number of guanidine groups is 1. The second kappa shape index (κ2) is 11.5. The molecule has 0 amide bonds. The average Bonchev–Trinajstić information content (AvgIpc) is 2.47. The van der Waals surface area contributed by atoms with Gasteiger partial charge in [-0.05, 0) is 31.6 Å². The van der Waals surface area contributed by atoms with Gasteiger partial charge in [0.15, 0.2) is 5.96 Å². The van der Waals surface area contributed by atoms with Gasteiger partial charge in [-0.25, -0.2) is 12.7 Å². The van der Waals surface area contributed by atoms with Gasteiger partial charge in [0.1, 0.15) is 0 Å². The quantitative estimate of drug-likeness (QED) is 0.290. The van der Waals surface area contributed by atoms with Gasteiger partial charge in [-0.15, -0.1) is 24.0 Å². The Labute approximate surface area is 165 Å². The highest BCUT2D eigenvalue weighted by Crippen LogP contribution is 2.43. The first-order valence-electron chi connectivity index (χ1n) is 8.93. The minimum absolute atomic E-state index is 0. The van der Waals surface area contributed by atoms with Crippen LogP contribution in [0.4, 0.5) is 0 Å². The van der Waals surface area contributed by atoms with E-state index in [-0.39, 0.29) is 29.7 Å². The Morgan fingerprint density at radius 1 is 1.12 bits per heavy atom. The number of hydrogen-bond acceptors (Lipinski definition) is 3. The number of sulfonamides is 1. The molecule has 6 nitrogen and oxygen atoms in total. The molecule has 0 unspecified atom stereocenters. The molecule has 24 heavy (non-hydrogen) atoms. The third-order valence-corrected chi connectivity index (χ3v) is 6.86. The molecule has 8 heteroatoms. The highest BCUT2D eigenvalue weighted by Gasteiger charge is 2.34. The Morgan fingerprint density at radius 3 is 2.17 bits per heavy atom. The van der Waals surface area contributed by atoms with Crippen LogP contribution in [0.1, 0.15) is 53.4 Å². The normalized spacial score (nSPS) is 17.1. The summed E-state index contributed by atoms with van der Waals surface area (Å²) in [5, 5.41) is 6.36. The summed E-state index contributed by atoms with van der Waals surface area (Å²) < 4.78 is 25.9. The second-order valence-electron chi connectivity index (χ2n) is 6.23. The molecule has 0 heterocycles. The Balaban J connectivity index is 0.00000529. The third-order valence-electron chi connectivity index (χ3n) is 4.83. The first-order chi connectivity index (χ1) is 10.9. The number of nitrogens with zero attached hydrogens (tertiary/aromatic N) is 2. The van der Waals surface area contributed by atoms with Crippen molar-refractivity contribution in [2.75, 3.05) is 38.5 Å². The molecule has 0 saturated heterocycles. The molecule has 0 aliphatic heterocycles. The van der Waals surface area contributed by atoms with Crippen molar-refractivity contribution >= 4 is 40.0 Å². The minimum atomic E-state index is -3.19. The van der Waals surface area contributed by atoms with Crippen LogP contribution in [-0.4, -0.2) is 57.2 Å². The number of rotatable bonds is 10. The van der Waals surface area contributed by atoms with Gasteiger partial charge in [-0.2, -0.15) is 0 Å². The van der Waals surface area contributed by atoms with Crippen LogP contribution in [0.2, 0.25) is 0 Å². The monoisotopic (exact) mass is 474 g/mol. The first-order valence-corrected chi connectivity index (χ1v) is 10.5. The van der Waals surface area contributed by atoms with Gasteiger partial charge in [-0.1, -0.05) is 27.2 Å². The largest absolute Gasteiger partial charge is 0.357 e. The van der Waals surface area contributed by atoms with Crippen LogP contribution in [0.25, 0.3) is 0 Å². The molecular weight excluding hydrogens is 439 g/mol. The van der Waals surface area contributed by atoms with Crippen molar-refractivity contribution < 1.29 is 8.42 Å². The highest BCUT2D eigenvalue weighted by molar-refractivity contribution is 14.0. The van der Waals surface area contributed by atoms with E-state index < -0.39 is 10.0 Å². The van der Waals surface area contributed by atoms with Gasteiger partial charge in [-0.3, -0.25) is 4.99 Å². The van der Waals surface area contributed by atoms with E-state index in [1.807, 2.05) is 20.8 Å². The molecule has 0 atom stereocenters. The van der Waals surface area contributed by atoms with Gasteiger partial charge in [0.05, 0.1) is 5.75 Å². The van der Waals surface area contributed by atoms with Crippen LogP contribution >= 0.6 is 24.0 Å². The fourth-order valence-corrected chi connectivity index (χ4v) is 4.34. The van der Waals surface area contributed by atoms with E-state index in [0.717, 1.165) is 25.5 Å². The lowest BCUT2D eigenvalue weighted by molar-refractivity contribution is 0.139. The van der Waals surface area contributed by atoms with E-state index in [4.69, 9.17) is 0 Å². The van der Waals surface area contributed by atoms with Gasteiger partial charge < -0.3 is 10.6 Å². The Kier molecular flexibility index (Phi) is 11.5. The minimum Gasteiger partial charge on any atom is -0.357 e. The van der Waals surface area contributed by atoms with Crippen molar-refractivity contribution in [3.05, 3.63) is 0 Å². The summed E-state index contributed by atoms with van der Waals surface area (Å²) in [5.41, 5.74) is 0.371. The summed E-state index contributed by atoms with van der Waals surface area (Å²) >= 11 is 0. The Hall–Kier alpha value is -0.0900.